The molecule has 3 aromatic rings. The van der Waals surface area contributed by atoms with E-state index in [0.29, 0.717) is 29.4 Å². The van der Waals surface area contributed by atoms with E-state index in [-0.39, 0.29) is 0 Å². The van der Waals surface area contributed by atoms with Crippen LogP contribution < -0.4 is 0 Å². The topological polar surface area (TPSA) is 15.7 Å². The van der Waals surface area contributed by atoms with Gasteiger partial charge in [-0.1, -0.05) is 53.0 Å². The fourth-order valence-electron chi connectivity index (χ4n) is 5.62. The highest BCUT2D eigenvalue weighted by Gasteiger charge is 2.36. The molecule has 0 radical (unpaired) electrons. The quantitative estimate of drug-likeness (QED) is 0.264. The highest BCUT2D eigenvalue weighted by molar-refractivity contribution is 7.08. The molecule has 0 spiro atoms. The van der Waals surface area contributed by atoms with Crippen LogP contribution in [0.3, 0.4) is 0 Å². The van der Waals surface area contributed by atoms with Gasteiger partial charge in [0, 0.05) is 53.8 Å². The molecular formula is C29H33Cl3N2OS. The number of piperidine rings is 1. The maximum Gasteiger partial charge on any atom is 0.0717 e. The van der Waals surface area contributed by atoms with Crippen LogP contribution in [0.4, 0.5) is 0 Å². The molecule has 1 aromatic heterocycles. The summed E-state index contributed by atoms with van der Waals surface area (Å²) in [7, 11) is 0. The summed E-state index contributed by atoms with van der Waals surface area (Å²) in [6.45, 7) is 8.03. The molecule has 0 bridgehead atoms. The van der Waals surface area contributed by atoms with E-state index in [9.17, 15) is 0 Å². The summed E-state index contributed by atoms with van der Waals surface area (Å²) in [4.78, 5) is 5.25. The number of hydrogen-bond acceptors (Lipinski definition) is 4. The first kappa shape index (κ1) is 26.5. The lowest BCUT2D eigenvalue weighted by Gasteiger charge is -2.34. The zero-order valence-corrected chi connectivity index (χ0v) is 23.5. The smallest absolute Gasteiger partial charge is 0.0717 e. The molecule has 5 rings (SSSR count). The lowest BCUT2D eigenvalue weighted by Crippen LogP contribution is -2.39. The van der Waals surface area contributed by atoms with E-state index < -0.39 is 0 Å². The van der Waals surface area contributed by atoms with Crippen molar-refractivity contribution in [3.05, 3.63) is 91.0 Å². The molecule has 0 N–H and O–H groups in total. The number of benzene rings is 2. The third-order valence-corrected chi connectivity index (χ3v) is 9.17. The summed E-state index contributed by atoms with van der Waals surface area (Å²) in [5.41, 5.74) is 3.83. The van der Waals surface area contributed by atoms with Gasteiger partial charge in [0.25, 0.3) is 0 Å². The molecule has 0 aliphatic carbocycles. The Labute approximate surface area is 233 Å². The second-order valence-corrected chi connectivity index (χ2v) is 12.3. The minimum atomic E-state index is 0.572. The molecule has 2 unspecified atom stereocenters. The fraction of sp³-hybridized carbons (Fsp3) is 0.448. The zero-order chi connectivity index (χ0) is 24.9. The molecule has 2 atom stereocenters. The Hall–Kier alpha value is -1.11. The Morgan fingerprint density at radius 1 is 0.889 bits per heavy atom. The van der Waals surface area contributed by atoms with Crippen LogP contribution in [0.15, 0.2) is 59.3 Å². The fourth-order valence-corrected chi connectivity index (χ4v) is 6.94. The first-order valence-corrected chi connectivity index (χ1v) is 14.8. The van der Waals surface area contributed by atoms with Gasteiger partial charge in [-0.05, 0) is 95.5 Å². The Balaban J connectivity index is 1.12. The predicted molar refractivity (Wildman–Crippen MR) is 153 cm³/mol. The van der Waals surface area contributed by atoms with Crippen molar-refractivity contribution in [2.24, 2.45) is 11.8 Å². The van der Waals surface area contributed by atoms with E-state index in [1.807, 2.05) is 36.4 Å². The Morgan fingerprint density at radius 2 is 1.67 bits per heavy atom. The standard InChI is InChI=1S/C29H33Cl3N2OS/c30-26-4-1-21(2-5-26)18-35-19-22-7-10-33(11-8-22)15-25-16-34(17-28(25)24-9-12-36-20-24)14-23-3-6-27(31)13-29(23)32/h1-6,9,12-13,20,22,25,28H,7-8,10-11,14-19H2. The molecule has 2 aliphatic rings. The third-order valence-electron chi connectivity index (χ3n) is 7.63. The molecule has 3 heterocycles. The van der Waals surface area contributed by atoms with Gasteiger partial charge in [0.15, 0.2) is 0 Å². The summed E-state index contributed by atoms with van der Waals surface area (Å²) < 4.78 is 6.04. The van der Waals surface area contributed by atoms with Crippen molar-refractivity contribution in [3.63, 3.8) is 0 Å². The molecule has 2 saturated heterocycles. The van der Waals surface area contributed by atoms with Crippen LogP contribution in [0.5, 0.6) is 0 Å². The number of halogens is 3. The van der Waals surface area contributed by atoms with Crippen LogP contribution in [-0.4, -0.2) is 49.1 Å². The van der Waals surface area contributed by atoms with E-state index in [0.717, 1.165) is 61.5 Å². The first-order valence-electron chi connectivity index (χ1n) is 12.8. The number of nitrogens with zero attached hydrogens (tertiary/aromatic N) is 2. The van der Waals surface area contributed by atoms with Gasteiger partial charge < -0.3 is 9.64 Å². The highest BCUT2D eigenvalue weighted by Crippen LogP contribution is 2.36. The van der Waals surface area contributed by atoms with E-state index in [1.165, 1.54) is 24.0 Å². The summed E-state index contributed by atoms with van der Waals surface area (Å²) in [6, 6.07) is 16.1. The number of hydrogen-bond donors (Lipinski definition) is 0. The van der Waals surface area contributed by atoms with Crippen molar-refractivity contribution in [2.75, 3.05) is 39.3 Å². The van der Waals surface area contributed by atoms with Crippen molar-refractivity contribution >= 4 is 46.1 Å². The molecule has 3 nitrogen and oxygen atoms in total. The van der Waals surface area contributed by atoms with Gasteiger partial charge in [-0.2, -0.15) is 11.3 Å². The molecule has 2 aromatic carbocycles. The van der Waals surface area contributed by atoms with E-state index in [4.69, 9.17) is 39.5 Å². The molecule has 36 heavy (non-hydrogen) atoms. The number of rotatable bonds is 9. The average Bonchev–Trinajstić information content (AvgIpc) is 3.53. The van der Waals surface area contributed by atoms with Gasteiger partial charge in [0.05, 0.1) is 6.61 Å². The maximum absolute atomic E-state index is 6.49. The highest BCUT2D eigenvalue weighted by atomic mass is 35.5. The minimum absolute atomic E-state index is 0.572. The third kappa shape index (κ3) is 7.05. The van der Waals surface area contributed by atoms with Gasteiger partial charge in [0.2, 0.25) is 0 Å². The van der Waals surface area contributed by atoms with Crippen LogP contribution in [0.25, 0.3) is 0 Å². The van der Waals surface area contributed by atoms with E-state index in [2.05, 4.69) is 32.7 Å². The molecule has 192 valence electrons. The molecule has 7 heteroatoms. The van der Waals surface area contributed by atoms with E-state index >= 15 is 0 Å². The van der Waals surface area contributed by atoms with Gasteiger partial charge in [-0.3, -0.25) is 4.90 Å². The molecular weight excluding hydrogens is 531 g/mol. The van der Waals surface area contributed by atoms with Crippen molar-refractivity contribution < 1.29 is 4.74 Å². The lowest BCUT2D eigenvalue weighted by atomic mass is 9.89. The number of ether oxygens (including phenoxy) is 1. The van der Waals surface area contributed by atoms with Crippen molar-refractivity contribution in [1.82, 2.24) is 9.80 Å². The van der Waals surface area contributed by atoms with Crippen LogP contribution in [0.1, 0.15) is 35.4 Å². The molecule has 2 aliphatic heterocycles. The largest absolute Gasteiger partial charge is 0.376 e. The van der Waals surface area contributed by atoms with Crippen LogP contribution in [0, 0.1) is 11.8 Å². The second kappa shape index (κ2) is 12.6. The second-order valence-electron chi connectivity index (χ2n) is 10.2. The van der Waals surface area contributed by atoms with Crippen molar-refractivity contribution in [1.29, 1.82) is 0 Å². The van der Waals surface area contributed by atoms with Gasteiger partial charge >= 0.3 is 0 Å². The molecule has 0 amide bonds. The number of thiophene rings is 1. The summed E-state index contributed by atoms with van der Waals surface area (Å²) in [6.07, 6.45) is 2.42. The van der Waals surface area contributed by atoms with Crippen molar-refractivity contribution in [3.8, 4) is 0 Å². The zero-order valence-electron chi connectivity index (χ0n) is 20.4. The predicted octanol–water partition coefficient (Wildman–Crippen LogP) is 7.85. The summed E-state index contributed by atoms with van der Waals surface area (Å²) >= 11 is 20.4. The van der Waals surface area contributed by atoms with Gasteiger partial charge in [0.1, 0.15) is 0 Å². The SMILES string of the molecule is Clc1ccc(COCC2CCN(CC3CN(Cc4ccc(Cl)cc4Cl)CC3c3ccsc3)CC2)cc1. The minimum Gasteiger partial charge on any atom is -0.376 e. The summed E-state index contributed by atoms with van der Waals surface area (Å²) in [5, 5.41) is 6.77. The monoisotopic (exact) mass is 562 g/mol. The maximum atomic E-state index is 6.49. The Morgan fingerprint density at radius 3 is 2.39 bits per heavy atom. The van der Waals surface area contributed by atoms with Crippen LogP contribution >= 0.6 is 46.1 Å². The van der Waals surface area contributed by atoms with E-state index in [1.54, 1.807) is 11.3 Å². The van der Waals surface area contributed by atoms with Crippen LogP contribution in [0.2, 0.25) is 15.1 Å². The first-order chi connectivity index (χ1) is 17.5. The average molecular weight is 564 g/mol. The van der Waals surface area contributed by atoms with Crippen molar-refractivity contribution in [2.45, 2.75) is 31.9 Å². The Kier molecular flexibility index (Phi) is 9.29. The molecule has 0 saturated carbocycles. The van der Waals surface area contributed by atoms with Crippen LogP contribution in [-0.2, 0) is 17.9 Å². The van der Waals surface area contributed by atoms with Gasteiger partial charge in [-0.25, -0.2) is 0 Å². The normalized spacial score (nSPS) is 21.9. The Bertz CT molecular complexity index is 1100. The molecule has 2 fully saturated rings. The van der Waals surface area contributed by atoms with Gasteiger partial charge in [-0.15, -0.1) is 0 Å². The summed E-state index contributed by atoms with van der Waals surface area (Å²) in [5.74, 6) is 1.85. The lowest BCUT2D eigenvalue weighted by molar-refractivity contribution is 0.0542. The number of likely N-dealkylation sites (tertiary alicyclic amines) is 2.